The minimum atomic E-state index is 0.590. The lowest BCUT2D eigenvalue weighted by atomic mass is 9.96. The Kier molecular flexibility index (Phi) is 14.1. The van der Waals surface area contributed by atoms with E-state index < -0.39 is 0 Å². The van der Waals surface area contributed by atoms with Crippen molar-refractivity contribution < 1.29 is 0 Å². The van der Waals surface area contributed by atoms with E-state index in [4.69, 9.17) is 29.9 Å². The fourth-order valence-corrected chi connectivity index (χ4v) is 12.4. The Balaban J connectivity index is 0.795. The Bertz CT molecular complexity index is 4850. The van der Waals surface area contributed by atoms with E-state index in [9.17, 15) is 0 Å². The van der Waals surface area contributed by atoms with E-state index in [1.807, 2.05) is 60.7 Å². The first-order chi connectivity index (χ1) is 45.1. The van der Waals surface area contributed by atoms with Gasteiger partial charge in [0.15, 0.2) is 34.9 Å². The highest BCUT2D eigenvalue weighted by molar-refractivity contribution is 6.17. The number of fused-ring (bicyclic) bond motifs is 3. The molecule has 0 atom stereocenters. The van der Waals surface area contributed by atoms with Crippen molar-refractivity contribution in [2.24, 2.45) is 0 Å². The summed E-state index contributed by atoms with van der Waals surface area (Å²) in [4.78, 5) is 31.3. The number of benzene rings is 13. The predicted molar refractivity (Wildman–Crippen MR) is 373 cm³/mol. The van der Waals surface area contributed by atoms with Crippen LogP contribution in [-0.2, 0) is 0 Å². The minimum Gasteiger partial charge on any atom is -0.308 e. The second-order valence-electron chi connectivity index (χ2n) is 22.6. The molecule has 0 radical (unpaired) electrons. The number of aromatic nitrogens is 7. The summed E-state index contributed by atoms with van der Waals surface area (Å²) in [6.45, 7) is 0. The van der Waals surface area contributed by atoms with Crippen LogP contribution in [-0.4, -0.2) is 34.5 Å². The fraction of sp³-hybridized carbons (Fsp3) is 0. The molecule has 3 heterocycles. The third-order valence-electron chi connectivity index (χ3n) is 16.9. The molecular weight excluding hydrogens is 1110 g/mol. The van der Waals surface area contributed by atoms with Crippen LogP contribution in [0.1, 0.15) is 0 Å². The summed E-state index contributed by atoms with van der Waals surface area (Å²) < 4.78 is 2.44. The lowest BCUT2D eigenvalue weighted by molar-refractivity contribution is 1.07. The van der Waals surface area contributed by atoms with Crippen molar-refractivity contribution in [1.82, 2.24) is 34.5 Å². The normalized spacial score (nSPS) is 11.3. The maximum absolute atomic E-state index is 5.29. The molecule has 0 amide bonds. The van der Waals surface area contributed by atoms with Crippen LogP contribution in [0.5, 0.6) is 0 Å². The molecule has 0 aliphatic rings. The quantitative estimate of drug-likeness (QED) is 0.114. The van der Waals surface area contributed by atoms with Crippen LogP contribution in [0.25, 0.3) is 163 Å². The highest BCUT2D eigenvalue weighted by Crippen LogP contribution is 2.43. The molecule has 3 aromatic heterocycles. The average molecular weight is 1160 g/mol. The van der Waals surface area contributed by atoms with Crippen LogP contribution < -0.4 is 0 Å². The van der Waals surface area contributed by atoms with Crippen molar-refractivity contribution in [2.45, 2.75) is 0 Å². The van der Waals surface area contributed by atoms with E-state index >= 15 is 0 Å². The molecule has 0 aliphatic carbocycles. The highest BCUT2D eigenvalue weighted by atomic mass is 15.0. The van der Waals surface area contributed by atoms with Gasteiger partial charge in [0.2, 0.25) is 0 Å². The summed E-state index contributed by atoms with van der Waals surface area (Å²) in [5.74, 6) is 3.59. The van der Waals surface area contributed by atoms with Gasteiger partial charge in [-0.1, -0.05) is 285 Å². The molecule has 0 fully saturated rings. The van der Waals surface area contributed by atoms with Gasteiger partial charge in [-0.3, -0.25) is 0 Å². The summed E-state index contributed by atoms with van der Waals surface area (Å²) in [6.07, 6.45) is 0. The standard InChI is InChI=1S/C84H55N7/c1-8-24-56(25-9-1)66-50-67(57-26-10-2-11-27-57)53-70(52-66)83-87-79(62-32-16-5-17-33-62)85-81(89-83)64-46-42-60(43-47-64)73-38-22-40-75-76-41-23-39-74(78(76)91(77(73)75)72-36-20-7-21-37-72)61-44-48-65(49-45-61)82-86-80(63-34-18-6-19-35-63)88-84(90-82)71-54-68(58-28-12-3-13-29-58)51-69(55-71)59-30-14-4-15-31-59/h1-55H. The van der Waals surface area contributed by atoms with Gasteiger partial charge >= 0.3 is 0 Å². The molecule has 426 valence electrons. The zero-order valence-electron chi connectivity index (χ0n) is 49.4. The molecule has 7 heteroatoms. The summed E-state index contributed by atoms with van der Waals surface area (Å²) in [5.41, 5.74) is 21.8. The van der Waals surface area contributed by atoms with E-state index in [-0.39, 0.29) is 0 Å². The van der Waals surface area contributed by atoms with Gasteiger partial charge < -0.3 is 4.57 Å². The van der Waals surface area contributed by atoms with E-state index in [2.05, 4.69) is 278 Å². The average Bonchev–Trinajstić information content (AvgIpc) is 1.61. The molecule has 16 aromatic rings. The third-order valence-corrected chi connectivity index (χ3v) is 16.9. The Morgan fingerprint density at radius 2 is 0.396 bits per heavy atom. The molecular formula is C84H55N7. The van der Waals surface area contributed by atoms with Crippen LogP contribution in [0.2, 0.25) is 0 Å². The lowest BCUT2D eigenvalue weighted by Crippen LogP contribution is -2.01. The third kappa shape index (κ3) is 10.7. The smallest absolute Gasteiger partial charge is 0.164 e. The van der Waals surface area contributed by atoms with E-state index in [1.54, 1.807) is 0 Å². The summed E-state index contributed by atoms with van der Waals surface area (Å²) >= 11 is 0. The van der Waals surface area contributed by atoms with Crippen molar-refractivity contribution in [2.75, 3.05) is 0 Å². The molecule has 16 rings (SSSR count). The highest BCUT2D eigenvalue weighted by Gasteiger charge is 2.22. The summed E-state index contributed by atoms with van der Waals surface area (Å²) in [6, 6.07) is 117. The summed E-state index contributed by atoms with van der Waals surface area (Å²) in [5, 5.41) is 2.30. The van der Waals surface area contributed by atoms with Gasteiger partial charge in [0.05, 0.1) is 11.0 Å². The van der Waals surface area contributed by atoms with E-state index in [1.165, 1.54) is 0 Å². The minimum absolute atomic E-state index is 0.590. The topological polar surface area (TPSA) is 82.3 Å². The van der Waals surface area contributed by atoms with Gasteiger partial charge in [0.25, 0.3) is 0 Å². The second-order valence-corrected chi connectivity index (χ2v) is 22.6. The predicted octanol–water partition coefficient (Wildman–Crippen LogP) is 21.2. The number of nitrogens with zero attached hydrogens (tertiary/aromatic N) is 7. The Morgan fingerprint density at radius 1 is 0.165 bits per heavy atom. The molecule has 0 spiro atoms. The lowest BCUT2D eigenvalue weighted by Gasteiger charge is -2.15. The Labute approximate surface area is 527 Å². The maximum atomic E-state index is 5.29. The Morgan fingerprint density at radius 3 is 0.692 bits per heavy atom. The zero-order valence-corrected chi connectivity index (χ0v) is 49.4. The molecule has 91 heavy (non-hydrogen) atoms. The fourth-order valence-electron chi connectivity index (χ4n) is 12.4. The summed E-state index contributed by atoms with van der Waals surface area (Å²) in [7, 11) is 0. The van der Waals surface area contributed by atoms with Gasteiger partial charge in [0.1, 0.15) is 0 Å². The van der Waals surface area contributed by atoms with Crippen molar-refractivity contribution >= 4 is 21.8 Å². The van der Waals surface area contributed by atoms with Gasteiger partial charge in [-0.2, -0.15) is 0 Å². The number of hydrogen-bond donors (Lipinski definition) is 0. The first kappa shape index (κ1) is 54.1. The maximum Gasteiger partial charge on any atom is 0.164 e. The largest absolute Gasteiger partial charge is 0.308 e. The molecule has 13 aromatic carbocycles. The van der Waals surface area contributed by atoms with Crippen molar-refractivity contribution in [3.05, 3.63) is 334 Å². The zero-order chi connectivity index (χ0) is 60.5. The number of para-hydroxylation sites is 3. The monoisotopic (exact) mass is 1160 g/mol. The van der Waals surface area contributed by atoms with Crippen molar-refractivity contribution in [3.8, 4) is 141 Å². The molecule has 7 nitrogen and oxygen atoms in total. The van der Waals surface area contributed by atoms with Crippen molar-refractivity contribution in [1.29, 1.82) is 0 Å². The first-order valence-corrected chi connectivity index (χ1v) is 30.6. The molecule has 0 saturated heterocycles. The number of rotatable bonds is 13. The van der Waals surface area contributed by atoms with Crippen LogP contribution in [0.15, 0.2) is 334 Å². The molecule has 0 aliphatic heterocycles. The second kappa shape index (κ2) is 23.7. The van der Waals surface area contributed by atoms with Gasteiger partial charge in [-0.15, -0.1) is 0 Å². The molecule has 0 unspecified atom stereocenters. The van der Waals surface area contributed by atoms with Gasteiger partial charge in [-0.25, -0.2) is 29.9 Å². The molecule has 0 bridgehead atoms. The SMILES string of the molecule is c1ccc(-c2cc(-c3ccccc3)cc(-c3nc(-c4ccccc4)nc(-c4ccc(-c5cccc6c7cccc(-c8ccc(-c9nc(-c%10ccccc%10)nc(-c%10cc(-c%11ccccc%11)cc(-c%11ccccc%11)c%10)n9)cc8)c7n(-c7ccccc7)c56)cc4)n3)c2)cc1. The van der Waals surface area contributed by atoms with Crippen molar-refractivity contribution in [3.63, 3.8) is 0 Å². The van der Waals surface area contributed by atoms with Gasteiger partial charge in [0, 0.05) is 61.0 Å². The van der Waals surface area contributed by atoms with E-state index in [0.29, 0.717) is 34.9 Å². The molecule has 0 N–H and O–H groups in total. The van der Waals surface area contributed by atoms with Crippen LogP contribution >= 0.6 is 0 Å². The van der Waals surface area contributed by atoms with Crippen LogP contribution in [0, 0.1) is 0 Å². The molecule has 0 saturated carbocycles. The van der Waals surface area contributed by atoms with E-state index in [0.717, 1.165) is 128 Å². The Hall–Kier alpha value is -12.3. The van der Waals surface area contributed by atoms with Gasteiger partial charge in [-0.05, 0) is 104 Å². The number of hydrogen-bond acceptors (Lipinski definition) is 6. The first-order valence-electron chi connectivity index (χ1n) is 30.6. The van der Waals surface area contributed by atoms with Crippen LogP contribution in [0.3, 0.4) is 0 Å². The van der Waals surface area contributed by atoms with Crippen LogP contribution in [0.4, 0.5) is 0 Å².